The minimum absolute atomic E-state index is 0.737. The largest absolute Gasteiger partial charge is 0.369 e. The molecule has 4 aromatic rings. The van der Waals surface area contributed by atoms with E-state index < -0.39 is 0 Å². The average Bonchev–Trinajstić information content (AvgIpc) is 3.13. The maximum absolute atomic E-state index is 6.17. The fourth-order valence-corrected chi connectivity index (χ4v) is 4.40. The molecule has 4 nitrogen and oxygen atoms in total. The number of rotatable bonds is 4. The number of halogens is 2. The standard InChI is InChI=1S/C24H22Cl2N4/c25-19-9-7-18(8-10-19)24-22(30-11-2-1-6-23(30)27-24)17-28-12-14-29(15-13-28)21-5-3-4-20(26)16-21/h1-11,16H,12-15,17H2. The molecular weight excluding hydrogens is 415 g/mol. The molecule has 0 N–H and O–H groups in total. The van der Waals surface area contributed by atoms with Gasteiger partial charge in [-0.1, -0.05) is 47.5 Å². The van der Waals surface area contributed by atoms with Gasteiger partial charge in [-0.2, -0.15) is 0 Å². The second kappa shape index (κ2) is 8.31. The molecule has 0 aliphatic carbocycles. The molecule has 0 amide bonds. The number of hydrogen-bond acceptors (Lipinski definition) is 3. The molecule has 0 bridgehead atoms. The van der Waals surface area contributed by atoms with E-state index in [2.05, 4.69) is 38.6 Å². The summed E-state index contributed by atoms with van der Waals surface area (Å²) in [5, 5.41) is 1.52. The fraction of sp³-hybridized carbons (Fsp3) is 0.208. The first-order valence-electron chi connectivity index (χ1n) is 10.1. The topological polar surface area (TPSA) is 23.8 Å². The number of aromatic nitrogens is 2. The first kappa shape index (κ1) is 19.4. The van der Waals surface area contributed by atoms with E-state index in [1.54, 1.807) is 0 Å². The summed E-state index contributed by atoms with van der Waals surface area (Å²) in [6.07, 6.45) is 2.10. The van der Waals surface area contributed by atoms with Gasteiger partial charge in [-0.05, 0) is 42.5 Å². The van der Waals surface area contributed by atoms with Gasteiger partial charge < -0.3 is 9.30 Å². The highest BCUT2D eigenvalue weighted by molar-refractivity contribution is 6.31. The molecule has 1 saturated heterocycles. The summed E-state index contributed by atoms with van der Waals surface area (Å²) in [5.41, 5.74) is 5.49. The molecule has 6 heteroatoms. The van der Waals surface area contributed by atoms with Gasteiger partial charge in [0.25, 0.3) is 0 Å². The van der Waals surface area contributed by atoms with Crippen LogP contribution in [-0.4, -0.2) is 40.5 Å². The van der Waals surface area contributed by atoms with E-state index in [9.17, 15) is 0 Å². The van der Waals surface area contributed by atoms with Gasteiger partial charge in [-0.15, -0.1) is 0 Å². The van der Waals surface area contributed by atoms with Gasteiger partial charge in [0.05, 0.1) is 11.4 Å². The smallest absolute Gasteiger partial charge is 0.137 e. The zero-order chi connectivity index (χ0) is 20.5. The number of hydrogen-bond donors (Lipinski definition) is 0. The van der Waals surface area contributed by atoms with E-state index in [0.717, 1.165) is 59.7 Å². The summed E-state index contributed by atoms with van der Waals surface area (Å²) in [5.74, 6) is 0. The Kier molecular flexibility index (Phi) is 5.38. The highest BCUT2D eigenvalue weighted by Crippen LogP contribution is 2.28. The highest BCUT2D eigenvalue weighted by atomic mass is 35.5. The number of imidazole rings is 1. The molecule has 0 spiro atoms. The van der Waals surface area contributed by atoms with Gasteiger partial charge in [-0.3, -0.25) is 4.90 Å². The second-order valence-corrected chi connectivity index (χ2v) is 8.46. The van der Waals surface area contributed by atoms with Crippen LogP contribution in [0.25, 0.3) is 16.9 Å². The van der Waals surface area contributed by atoms with Gasteiger partial charge >= 0.3 is 0 Å². The Bertz CT molecular complexity index is 1160. The van der Waals surface area contributed by atoms with Gasteiger partial charge in [-0.25, -0.2) is 4.98 Å². The van der Waals surface area contributed by atoms with Crippen LogP contribution in [0.4, 0.5) is 5.69 Å². The summed E-state index contributed by atoms with van der Waals surface area (Å²) in [6, 6.07) is 22.2. The van der Waals surface area contributed by atoms with Crippen LogP contribution < -0.4 is 4.90 Å². The van der Waals surface area contributed by atoms with Gasteiger partial charge in [0.2, 0.25) is 0 Å². The molecule has 0 radical (unpaired) electrons. The average molecular weight is 437 g/mol. The third kappa shape index (κ3) is 3.91. The van der Waals surface area contributed by atoms with Gasteiger partial charge in [0.1, 0.15) is 5.65 Å². The van der Waals surface area contributed by atoms with Crippen molar-refractivity contribution < 1.29 is 0 Å². The number of anilines is 1. The minimum Gasteiger partial charge on any atom is -0.369 e. The monoisotopic (exact) mass is 436 g/mol. The first-order valence-corrected chi connectivity index (χ1v) is 10.9. The van der Waals surface area contributed by atoms with Crippen molar-refractivity contribution in [1.29, 1.82) is 0 Å². The predicted molar refractivity (Wildman–Crippen MR) is 125 cm³/mol. The van der Waals surface area contributed by atoms with Crippen molar-refractivity contribution in [2.45, 2.75) is 6.54 Å². The molecule has 0 unspecified atom stereocenters. The van der Waals surface area contributed by atoms with Crippen LogP contribution in [0.15, 0.2) is 72.9 Å². The molecule has 152 valence electrons. The number of fused-ring (bicyclic) bond motifs is 1. The molecule has 3 heterocycles. The lowest BCUT2D eigenvalue weighted by Crippen LogP contribution is -2.46. The molecule has 1 fully saturated rings. The van der Waals surface area contributed by atoms with E-state index in [4.69, 9.17) is 28.2 Å². The van der Waals surface area contributed by atoms with Crippen molar-refractivity contribution in [3.63, 3.8) is 0 Å². The lowest BCUT2D eigenvalue weighted by atomic mass is 10.1. The van der Waals surface area contributed by atoms with Crippen LogP contribution in [0.3, 0.4) is 0 Å². The maximum atomic E-state index is 6.17. The van der Waals surface area contributed by atoms with Crippen molar-refractivity contribution >= 4 is 34.5 Å². The van der Waals surface area contributed by atoms with E-state index >= 15 is 0 Å². The van der Waals surface area contributed by atoms with E-state index in [1.165, 1.54) is 11.4 Å². The molecule has 1 aliphatic rings. The SMILES string of the molecule is Clc1ccc(-c2nc3ccccn3c2CN2CCN(c3cccc(Cl)c3)CC2)cc1. The highest BCUT2D eigenvalue weighted by Gasteiger charge is 2.21. The summed E-state index contributed by atoms with van der Waals surface area (Å²) in [4.78, 5) is 9.82. The van der Waals surface area contributed by atoms with Crippen LogP contribution in [0.5, 0.6) is 0 Å². The Morgan fingerprint density at radius 3 is 2.37 bits per heavy atom. The molecule has 0 atom stereocenters. The first-order chi connectivity index (χ1) is 14.7. The third-order valence-corrected chi connectivity index (χ3v) is 6.15. The molecule has 0 saturated carbocycles. The predicted octanol–water partition coefficient (Wildman–Crippen LogP) is 5.63. The van der Waals surface area contributed by atoms with Gasteiger partial charge in [0.15, 0.2) is 0 Å². The van der Waals surface area contributed by atoms with Crippen LogP contribution in [0, 0.1) is 0 Å². The van der Waals surface area contributed by atoms with Crippen LogP contribution in [0.1, 0.15) is 5.69 Å². The van der Waals surface area contributed by atoms with E-state index in [0.29, 0.717) is 0 Å². The van der Waals surface area contributed by atoms with Crippen molar-refractivity contribution in [2.75, 3.05) is 31.1 Å². The van der Waals surface area contributed by atoms with Crippen molar-refractivity contribution in [2.24, 2.45) is 0 Å². The quantitative estimate of drug-likeness (QED) is 0.414. The molecule has 1 aliphatic heterocycles. The van der Waals surface area contributed by atoms with Crippen molar-refractivity contribution in [3.8, 4) is 11.3 Å². The maximum Gasteiger partial charge on any atom is 0.137 e. The Labute approximate surface area is 186 Å². The van der Waals surface area contributed by atoms with Crippen molar-refractivity contribution in [3.05, 3.63) is 88.7 Å². The Morgan fingerprint density at radius 1 is 0.800 bits per heavy atom. The number of pyridine rings is 1. The summed E-state index contributed by atoms with van der Waals surface area (Å²) in [7, 11) is 0. The number of nitrogens with zero attached hydrogens (tertiary/aromatic N) is 4. The van der Waals surface area contributed by atoms with Crippen LogP contribution in [-0.2, 0) is 6.54 Å². The molecular formula is C24H22Cl2N4. The Morgan fingerprint density at radius 2 is 1.60 bits per heavy atom. The Hall–Kier alpha value is -2.53. The summed E-state index contributed by atoms with van der Waals surface area (Å²) < 4.78 is 2.20. The Balaban J connectivity index is 1.39. The number of piperazine rings is 1. The zero-order valence-corrected chi connectivity index (χ0v) is 18.0. The lowest BCUT2D eigenvalue weighted by Gasteiger charge is -2.36. The van der Waals surface area contributed by atoms with Crippen LogP contribution >= 0.6 is 23.2 Å². The number of benzene rings is 2. The fourth-order valence-electron chi connectivity index (χ4n) is 4.09. The zero-order valence-electron chi connectivity index (χ0n) is 16.5. The molecule has 5 rings (SSSR count). The molecule has 2 aromatic heterocycles. The molecule has 2 aromatic carbocycles. The lowest BCUT2D eigenvalue weighted by molar-refractivity contribution is 0.247. The summed E-state index contributed by atoms with van der Waals surface area (Å²) >= 11 is 12.3. The third-order valence-electron chi connectivity index (χ3n) is 5.67. The molecule has 30 heavy (non-hydrogen) atoms. The minimum atomic E-state index is 0.737. The van der Waals surface area contributed by atoms with Crippen molar-refractivity contribution in [1.82, 2.24) is 14.3 Å². The van der Waals surface area contributed by atoms with E-state index in [-0.39, 0.29) is 0 Å². The second-order valence-electron chi connectivity index (χ2n) is 7.59. The summed E-state index contributed by atoms with van der Waals surface area (Å²) in [6.45, 7) is 4.80. The van der Waals surface area contributed by atoms with Gasteiger partial charge in [0, 0.05) is 60.2 Å². The normalized spacial score (nSPS) is 15.1. The van der Waals surface area contributed by atoms with E-state index in [1.807, 2.05) is 48.5 Å². The van der Waals surface area contributed by atoms with Crippen LogP contribution in [0.2, 0.25) is 10.0 Å².